The molecule has 0 saturated heterocycles. The number of benzene rings is 2. The van der Waals surface area contributed by atoms with Gasteiger partial charge in [0.15, 0.2) is 5.96 Å². The summed E-state index contributed by atoms with van der Waals surface area (Å²) in [6.45, 7) is 3.65. The average Bonchev–Trinajstić information content (AvgIpc) is 2.66. The molecule has 0 spiro atoms. The van der Waals surface area contributed by atoms with E-state index in [1.54, 1.807) is 26.0 Å². The minimum Gasteiger partial charge on any atom is -0.356 e. The number of aryl methyl sites for hydroxylation is 1. The molecule has 0 aliphatic rings. The Balaban J connectivity index is 0.00000392. The monoisotopic (exact) mass is 494 g/mol. The van der Waals surface area contributed by atoms with Gasteiger partial charge in [-0.05, 0) is 36.6 Å². The van der Waals surface area contributed by atoms with Crippen LogP contribution in [0.2, 0.25) is 0 Å². The summed E-state index contributed by atoms with van der Waals surface area (Å²) in [4.78, 5) is 20.2. The van der Waals surface area contributed by atoms with Crippen molar-refractivity contribution in [3.8, 4) is 0 Å². The minimum atomic E-state index is 0. The highest BCUT2D eigenvalue weighted by Gasteiger charge is 2.09. The van der Waals surface area contributed by atoms with Crippen LogP contribution in [0.4, 0.5) is 0 Å². The molecule has 0 aliphatic heterocycles. The zero-order valence-corrected chi connectivity index (χ0v) is 19.7. The van der Waals surface area contributed by atoms with Crippen molar-refractivity contribution in [2.24, 2.45) is 4.99 Å². The maximum absolute atomic E-state index is 12.1. The highest BCUT2D eigenvalue weighted by atomic mass is 127. The zero-order valence-electron chi connectivity index (χ0n) is 17.4. The summed E-state index contributed by atoms with van der Waals surface area (Å²) in [5.74, 6) is 0.884. The van der Waals surface area contributed by atoms with Crippen LogP contribution in [0.3, 0.4) is 0 Å². The third-order valence-electron chi connectivity index (χ3n) is 4.39. The van der Waals surface area contributed by atoms with Crippen LogP contribution in [0, 0.1) is 6.92 Å². The number of rotatable bonds is 6. The van der Waals surface area contributed by atoms with Crippen molar-refractivity contribution < 1.29 is 4.79 Å². The van der Waals surface area contributed by atoms with Crippen LogP contribution in [0.1, 0.15) is 27.0 Å². The Kier molecular flexibility index (Phi) is 9.99. The molecule has 0 aliphatic carbocycles. The maximum Gasteiger partial charge on any atom is 0.253 e. The molecule has 1 amide bonds. The molecule has 0 atom stereocenters. The molecule has 0 fully saturated rings. The highest BCUT2D eigenvalue weighted by molar-refractivity contribution is 14.0. The van der Waals surface area contributed by atoms with Gasteiger partial charge in [0.25, 0.3) is 5.91 Å². The molecule has 6 heteroatoms. The summed E-state index contributed by atoms with van der Waals surface area (Å²) in [5.41, 5.74) is 4.37. The van der Waals surface area contributed by atoms with Gasteiger partial charge in [0.1, 0.15) is 0 Å². The Morgan fingerprint density at radius 3 is 2.32 bits per heavy atom. The number of carbonyl (C=O) groups excluding carboxylic acids is 1. The van der Waals surface area contributed by atoms with Gasteiger partial charge in [-0.15, -0.1) is 24.0 Å². The van der Waals surface area contributed by atoms with Crippen LogP contribution in [0.5, 0.6) is 0 Å². The van der Waals surface area contributed by atoms with E-state index in [1.165, 1.54) is 11.1 Å². The fourth-order valence-electron chi connectivity index (χ4n) is 2.86. The first kappa shape index (κ1) is 23.9. The molecule has 5 nitrogen and oxygen atoms in total. The number of amides is 1. The molecule has 1 N–H and O–H groups in total. The second kappa shape index (κ2) is 11.7. The minimum absolute atomic E-state index is 0. The molecular weight excluding hydrogens is 463 g/mol. The molecule has 2 aromatic rings. The number of nitrogens with zero attached hydrogens (tertiary/aromatic N) is 3. The largest absolute Gasteiger partial charge is 0.356 e. The average molecular weight is 494 g/mol. The Morgan fingerprint density at radius 1 is 1.04 bits per heavy atom. The first-order valence-corrected chi connectivity index (χ1v) is 9.18. The summed E-state index contributed by atoms with van der Waals surface area (Å²) >= 11 is 0. The van der Waals surface area contributed by atoms with E-state index < -0.39 is 0 Å². The molecule has 0 unspecified atom stereocenters. The fourth-order valence-corrected chi connectivity index (χ4v) is 2.86. The number of aliphatic imine (C=N–C) groups is 1. The fraction of sp³-hybridized carbons (Fsp3) is 0.364. The van der Waals surface area contributed by atoms with E-state index >= 15 is 0 Å². The van der Waals surface area contributed by atoms with Gasteiger partial charge in [0.2, 0.25) is 0 Å². The van der Waals surface area contributed by atoms with Crippen molar-refractivity contribution >= 4 is 35.8 Å². The second-order valence-corrected chi connectivity index (χ2v) is 6.97. The van der Waals surface area contributed by atoms with Crippen molar-refractivity contribution in [3.05, 3.63) is 70.8 Å². The van der Waals surface area contributed by atoms with E-state index in [-0.39, 0.29) is 29.9 Å². The third kappa shape index (κ3) is 7.14. The molecule has 0 aromatic heterocycles. The molecule has 2 aromatic carbocycles. The SMILES string of the molecule is CN=C(NCCc1cccc(C(=O)N(C)C)c1)N(C)Cc1ccc(C)cc1.I. The third-order valence-corrected chi connectivity index (χ3v) is 4.39. The summed E-state index contributed by atoms with van der Waals surface area (Å²) < 4.78 is 0. The highest BCUT2D eigenvalue weighted by Crippen LogP contribution is 2.08. The number of hydrogen-bond acceptors (Lipinski definition) is 2. The van der Waals surface area contributed by atoms with E-state index in [0.717, 1.165) is 36.6 Å². The first-order chi connectivity index (χ1) is 12.9. The standard InChI is InChI=1S/C22H30N4O.HI/c1-17-9-11-19(12-10-17)16-26(5)22(23-2)24-14-13-18-7-6-8-20(15-18)21(27)25(3)4;/h6-12,15H,13-14,16H2,1-5H3,(H,23,24);1H. The van der Waals surface area contributed by atoms with E-state index in [0.29, 0.717) is 0 Å². The number of carbonyl (C=O) groups is 1. The molecule has 0 heterocycles. The topological polar surface area (TPSA) is 47.9 Å². The lowest BCUT2D eigenvalue weighted by Crippen LogP contribution is -2.39. The van der Waals surface area contributed by atoms with E-state index in [2.05, 4.69) is 46.4 Å². The van der Waals surface area contributed by atoms with E-state index in [9.17, 15) is 4.79 Å². The Bertz CT molecular complexity index is 787. The van der Waals surface area contributed by atoms with E-state index in [4.69, 9.17) is 0 Å². The van der Waals surface area contributed by atoms with Crippen molar-refractivity contribution in [1.29, 1.82) is 0 Å². The predicted molar refractivity (Wildman–Crippen MR) is 128 cm³/mol. The molecule has 0 radical (unpaired) electrons. The van der Waals surface area contributed by atoms with Crippen LogP contribution >= 0.6 is 24.0 Å². The van der Waals surface area contributed by atoms with Gasteiger partial charge >= 0.3 is 0 Å². The molecule has 152 valence electrons. The summed E-state index contributed by atoms with van der Waals surface area (Å²) in [5, 5.41) is 3.40. The van der Waals surface area contributed by atoms with Gasteiger partial charge in [-0.3, -0.25) is 9.79 Å². The van der Waals surface area contributed by atoms with Crippen molar-refractivity contribution in [3.63, 3.8) is 0 Å². The van der Waals surface area contributed by atoms with E-state index in [1.807, 2.05) is 31.3 Å². The lowest BCUT2D eigenvalue weighted by atomic mass is 10.1. The number of halogens is 1. The second-order valence-electron chi connectivity index (χ2n) is 6.97. The van der Waals surface area contributed by atoms with Crippen LogP contribution in [-0.4, -0.2) is 56.4 Å². The van der Waals surface area contributed by atoms with Gasteiger partial charge in [0, 0.05) is 46.8 Å². The summed E-state index contributed by atoms with van der Waals surface area (Å²) in [6.07, 6.45) is 0.825. The maximum atomic E-state index is 12.1. The van der Waals surface area contributed by atoms with Crippen LogP contribution in [0.25, 0.3) is 0 Å². The van der Waals surface area contributed by atoms with Crippen molar-refractivity contribution in [1.82, 2.24) is 15.1 Å². The van der Waals surface area contributed by atoms with Crippen molar-refractivity contribution in [2.45, 2.75) is 19.9 Å². The lowest BCUT2D eigenvalue weighted by Gasteiger charge is -2.22. The van der Waals surface area contributed by atoms with Crippen LogP contribution in [-0.2, 0) is 13.0 Å². The normalized spacial score (nSPS) is 10.8. The van der Waals surface area contributed by atoms with Crippen LogP contribution < -0.4 is 5.32 Å². The predicted octanol–water partition coefficient (Wildman–Crippen LogP) is 3.56. The zero-order chi connectivity index (χ0) is 19.8. The molecule has 0 saturated carbocycles. The molecule has 0 bridgehead atoms. The molecular formula is C22H31IN4O. The lowest BCUT2D eigenvalue weighted by molar-refractivity contribution is 0.0827. The van der Waals surface area contributed by atoms with Gasteiger partial charge in [-0.1, -0.05) is 42.0 Å². The Labute approximate surface area is 185 Å². The first-order valence-electron chi connectivity index (χ1n) is 9.18. The van der Waals surface area contributed by atoms with Gasteiger partial charge < -0.3 is 15.1 Å². The molecule has 28 heavy (non-hydrogen) atoms. The summed E-state index contributed by atoms with van der Waals surface area (Å²) in [6, 6.07) is 16.3. The van der Waals surface area contributed by atoms with Crippen molar-refractivity contribution in [2.75, 3.05) is 34.7 Å². The van der Waals surface area contributed by atoms with Crippen LogP contribution in [0.15, 0.2) is 53.5 Å². The number of guanidine groups is 1. The Morgan fingerprint density at radius 2 is 1.71 bits per heavy atom. The smallest absolute Gasteiger partial charge is 0.253 e. The number of hydrogen-bond donors (Lipinski definition) is 1. The number of nitrogens with one attached hydrogen (secondary N) is 1. The quantitative estimate of drug-likeness (QED) is 0.380. The molecule has 2 rings (SSSR count). The van der Waals surface area contributed by atoms with Gasteiger partial charge in [0.05, 0.1) is 0 Å². The Hall–Kier alpha value is -2.09. The summed E-state index contributed by atoms with van der Waals surface area (Å²) in [7, 11) is 7.37. The van der Waals surface area contributed by atoms with Gasteiger partial charge in [-0.2, -0.15) is 0 Å². The van der Waals surface area contributed by atoms with Gasteiger partial charge in [-0.25, -0.2) is 0 Å².